The Kier molecular flexibility index (Phi) is 5.97. The second kappa shape index (κ2) is 8.65. The van der Waals surface area contributed by atoms with Crippen molar-refractivity contribution in [2.75, 3.05) is 6.61 Å². The zero-order valence-corrected chi connectivity index (χ0v) is 17.3. The van der Waals surface area contributed by atoms with Crippen LogP contribution < -0.4 is 5.73 Å². The van der Waals surface area contributed by atoms with Gasteiger partial charge < -0.3 is 10.5 Å². The maximum atomic E-state index is 13.6. The third-order valence-corrected chi connectivity index (χ3v) is 5.88. The summed E-state index contributed by atoms with van der Waals surface area (Å²) in [6, 6.07) is 24.8. The molecule has 0 heterocycles. The normalized spacial score (nSPS) is 23.7. The van der Waals surface area contributed by atoms with E-state index < -0.39 is 28.6 Å². The van der Waals surface area contributed by atoms with Crippen molar-refractivity contribution in [2.45, 2.75) is 18.8 Å². The maximum absolute atomic E-state index is 13.6. The van der Waals surface area contributed by atoms with E-state index in [1.54, 1.807) is 67.6 Å². The molecule has 3 unspecified atom stereocenters. The number of carbonyl (C=O) groups excluding carboxylic acids is 1. The predicted octanol–water partition coefficient (Wildman–Crippen LogP) is 3.41. The summed E-state index contributed by atoms with van der Waals surface area (Å²) < 4.78 is 5.34. The lowest BCUT2D eigenvalue weighted by molar-refractivity contribution is -0.155. The highest BCUT2D eigenvalue weighted by atomic mass is 16.5. The molecule has 3 atom stereocenters. The highest BCUT2D eigenvalue weighted by Gasteiger charge is 2.68. The van der Waals surface area contributed by atoms with Gasteiger partial charge in [0.05, 0.1) is 54.0 Å². The van der Waals surface area contributed by atoms with Gasteiger partial charge in [-0.05, 0) is 18.1 Å². The van der Waals surface area contributed by atoms with E-state index in [1.807, 2.05) is 18.2 Å². The van der Waals surface area contributed by atoms with Crippen LogP contribution in [0.4, 0.5) is 0 Å². The minimum absolute atomic E-state index is 0.0293. The molecular formula is C25H19N5O2. The van der Waals surface area contributed by atoms with Crippen LogP contribution in [-0.2, 0) is 9.53 Å². The molecule has 0 spiro atoms. The summed E-state index contributed by atoms with van der Waals surface area (Å²) in [5.41, 5.74) is 2.55. The zero-order chi connectivity index (χ0) is 23.4. The van der Waals surface area contributed by atoms with E-state index in [4.69, 9.17) is 10.5 Å². The highest BCUT2D eigenvalue weighted by Crippen LogP contribution is 2.63. The molecule has 0 amide bonds. The Bertz CT molecular complexity index is 1210. The summed E-state index contributed by atoms with van der Waals surface area (Å²) in [5, 5.41) is 41.0. The van der Waals surface area contributed by atoms with Gasteiger partial charge in [0.25, 0.3) is 0 Å². The van der Waals surface area contributed by atoms with E-state index in [0.717, 1.165) is 0 Å². The molecule has 2 aromatic carbocycles. The molecule has 0 aromatic heterocycles. The quantitative estimate of drug-likeness (QED) is 0.744. The highest BCUT2D eigenvalue weighted by molar-refractivity contribution is 5.86. The lowest BCUT2D eigenvalue weighted by atomic mass is 9.48. The number of nitrogens with zero attached hydrogens (tertiary/aromatic N) is 4. The SMILES string of the molecule is CCOC(=O)C1(C#N)C(c2ccccc2)C(C#N)=C(N)C(C#N)(C#N)C1c1ccccc1. The predicted molar refractivity (Wildman–Crippen MR) is 114 cm³/mol. The van der Waals surface area contributed by atoms with Crippen LogP contribution >= 0.6 is 0 Å². The molecule has 2 aromatic rings. The number of nitrogens with two attached hydrogens (primary N) is 1. The Morgan fingerprint density at radius 2 is 1.47 bits per heavy atom. The van der Waals surface area contributed by atoms with E-state index in [0.29, 0.717) is 11.1 Å². The molecule has 0 bridgehead atoms. The fourth-order valence-electron chi connectivity index (χ4n) is 4.55. The number of carbonyl (C=O) groups is 1. The van der Waals surface area contributed by atoms with E-state index in [1.165, 1.54) is 0 Å². The van der Waals surface area contributed by atoms with Gasteiger partial charge in [0.15, 0.2) is 10.8 Å². The molecule has 1 aliphatic carbocycles. The third-order valence-electron chi connectivity index (χ3n) is 5.88. The first-order valence-electron chi connectivity index (χ1n) is 9.89. The van der Waals surface area contributed by atoms with Gasteiger partial charge in [-0.3, -0.25) is 4.79 Å². The topological polar surface area (TPSA) is 147 Å². The standard InChI is InChI=1S/C25H19N5O2/c1-2-32-23(31)25(16-29)20(17-9-5-3-6-10-17)19(13-26)22(30)24(14-27,15-28)21(25)18-11-7-4-8-12-18/h3-12,20-21H,2,30H2,1H3. The van der Waals surface area contributed by atoms with Gasteiger partial charge in [0.2, 0.25) is 0 Å². The van der Waals surface area contributed by atoms with E-state index >= 15 is 0 Å². The van der Waals surface area contributed by atoms with Crippen molar-refractivity contribution in [1.82, 2.24) is 0 Å². The molecule has 0 saturated heterocycles. The number of hydrogen-bond acceptors (Lipinski definition) is 7. The number of nitriles is 4. The minimum atomic E-state index is -2.14. The summed E-state index contributed by atoms with van der Waals surface area (Å²) in [7, 11) is 0. The van der Waals surface area contributed by atoms with Crippen LogP contribution in [0.25, 0.3) is 0 Å². The van der Waals surface area contributed by atoms with Gasteiger partial charge in [0, 0.05) is 0 Å². The van der Waals surface area contributed by atoms with E-state index in [2.05, 4.69) is 6.07 Å². The Balaban J connectivity index is 2.58. The molecule has 156 valence electrons. The van der Waals surface area contributed by atoms with Crippen molar-refractivity contribution < 1.29 is 9.53 Å². The number of esters is 1. The van der Waals surface area contributed by atoms with Gasteiger partial charge in [0.1, 0.15) is 0 Å². The molecule has 7 heteroatoms. The van der Waals surface area contributed by atoms with Gasteiger partial charge in [-0.1, -0.05) is 60.7 Å². The van der Waals surface area contributed by atoms with Crippen molar-refractivity contribution in [1.29, 1.82) is 21.0 Å². The van der Waals surface area contributed by atoms with Crippen molar-refractivity contribution in [3.05, 3.63) is 83.1 Å². The fourth-order valence-corrected chi connectivity index (χ4v) is 4.55. The molecule has 0 aliphatic heterocycles. The average Bonchev–Trinajstić information content (AvgIpc) is 2.84. The van der Waals surface area contributed by atoms with Gasteiger partial charge in [-0.25, -0.2) is 0 Å². The lowest BCUT2D eigenvalue weighted by Gasteiger charge is -2.48. The molecule has 2 N–H and O–H groups in total. The Hall–Kier alpha value is -4.59. The van der Waals surface area contributed by atoms with E-state index in [9.17, 15) is 25.8 Å². The first kappa shape index (κ1) is 22.1. The van der Waals surface area contributed by atoms with Crippen LogP contribution in [0.1, 0.15) is 29.9 Å². The molecule has 0 fully saturated rings. The molecular weight excluding hydrogens is 402 g/mol. The zero-order valence-electron chi connectivity index (χ0n) is 17.3. The Morgan fingerprint density at radius 1 is 0.938 bits per heavy atom. The van der Waals surface area contributed by atoms with Crippen molar-refractivity contribution in [3.8, 4) is 24.3 Å². The van der Waals surface area contributed by atoms with Crippen LogP contribution in [0.3, 0.4) is 0 Å². The molecule has 1 aliphatic rings. The van der Waals surface area contributed by atoms with Crippen molar-refractivity contribution >= 4 is 5.97 Å². The van der Waals surface area contributed by atoms with Crippen LogP contribution in [0.15, 0.2) is 71.9 Å². The average molecular weight is 421 g/mol. The van der Waals surface area contributed by atoms with Gasteiger partial charge >= 0.3 is 5.97 Å². The summed E-state index contributed by atoms with van der Waals surface area (Å²) >= 11 is 0. The molecule has 7 nitrogen and oxygen atoms in total. The summed E-state index contributed by atoms with van der Waals surface area (Å²) in [5.74, 6) is -3.37. The number of rotatable bonds is 4. The Labute approximate surface area is 186 Å². The van der Waals surface area contributed by atoms with Crippen molar-refractivity contribution in [3.63, 3.8) is 0 Å². The lowest BCUT2D eigenvalue weighted by Crippen LogP contribution is -2.54. The third kappa shape index (κ3) is 2.97. The number of ether oxygens (including phenoxy) is 1. The number of hydrogen-bond donors (Lipinski definition) is 1. The monoisotopic (exact) mass is 421 g/mol. The van der Waals surface area contributed by atoms with Crippen LogP contribution in [-0.4, -0.2) is 12.6 Å². The Morgan fingerprint density at radius 3 is 1.91 bits per heavy atom. The number of allylic oxidation sites excluding steroid dienone is 2. The van der Waals surface area contributed by atoms with Crippen LogP contribution in [0.5, 0.6) is 0 Å². The smallest absolute Gasteiger partial charge is 0.328 e. The fraction of sp³-hybridized carbons (Fsp3) is 0.240. The summed E-state index contributed by atoms with van der Waals surface area (Å²) in [4.78, 5) is 13.6. The molecule has 0 saturated carbocycles. The second-order valence-corrected chi connectivity index (χ2v) is 7.36. The molecule has 0 radical (unpaired) electrons. The summed E-state index contributed by atoms with van der Waals surface area (Å²) in [6.45, 7) is 1.57. The van der Waals surface area contributed by atoms with Crippen LogP contribution in [0.2, 0.25) is 0 Å². The maximum Gasteiger partial charge on any atom is 0.328 e. The number of benzene rings is 2. The minimum Gasteiger partial charge on any atom is -0.465 e. The first-order chi connectivity index (χ1) is 15.5. The van der Waals surface area contributed by atoms with E-state index in [-0.39, 0.29) is 17.9 Å². The second-order valence-electron chi connectivity index (χ2n) is 7.36. The van der Waals surface area contributed by atoms with Gasteiger partial charge in [-0.15, -0.1) is 0 Å². The van der Waals surface area contributed by atoms with Gasteiger partial charge in [-0.2, -0.15) is 21.0 Å². The molecule has 32 heavy (non-hydrogen) atoms. The van der Waals surface area contributed by atoms with Crippen LogP contribution in [0, 0.1) is 56.2 Å². The largest absolute Gasteiger partial charge is 0.465 e. The molecule has 3 rings (SSSR count). The summed E-state index contributed by atoms with van der Waals surface area (Å²) in [6.07, 6.45) is 0. The van der Waals surface area contributed by atoms with Crippen molar-refractivity contribution in [2.24, 2.45) is 16.6 Å². The first-order valence-corrected chi connectivity index (χ1v) is 9.89.